The summed E-state index contributed by atoms with van der Waals surface area (Å²) in [6.45, 7) is 3.02. The fourth-order valence-corrected chi connectivity index (χ4v) is 3.32. The number of hydrogen-bond acceptors (Lipinski definition) is 6. The van der Waals surface area contributed by atoms with Crippen molar-refractivity contribution in [3.63, 3.8) is 0 Å². The molecule has 0 bridgehead atoms. The lowest BCUT2D eigenvalue weighted by molar-refractivity contribution is -0.123. The molecule has 0 aliphatic rings. The zero-order chi connectivity index (χ0) is 21.8. The highest BCUT2D eigenvalue weighted by Crippen LogP contribution is 2.20. The van der Waals surface area contributed by atoms with Crippen LogP contribution >= 0.6 is 0 Å². The van der Waals surface area contributed by atoms with Crippen LogP contribution in [0.2, 0.25) is 0 Å². The molecular formula is C20H21N3O5S. The minimum atomic E-state index is -3.73. The van der Waals surface area contributed by atoms with Crippen molar-refractivity contribution in [1.82, 2.24) is 4.31 Å². The standard InChI is InChI=1S/C20H21N3O5S/c1-13-9-10-16(29(26,27)23(3)4)11-17(13)20(25)28-14(2)19(24)22-18-8-6-5-7-15(18)12-21/h5-11,14H,1-4H3,(H,22,24)/t14-/m0/s1. The van der Waals surface area contributed by atoms with Crippen molar-refractivity contribution >= 4 is 27.6 Å². The van der Waals surface area contributed by atoms with E-state index in [0.717, 1.165) is 4.31 Å². The van der Waals surface area contributed by atoms with Gasteiger partial charge >= 0.3 is 5.97 Å². The highest BCUT2D eigenvalue weighted by Gasteiger charge is 2.24. The Morgan fingerprint density at radius 1 is 1.17 bits per heavy atom. The van der Waals surface area contributed by atoms with Gasteiger partial charge < -0.3 is 10.1 Å². The fraction of sp³-hybridized carbons (Fsp3) is 0.250. The molecule has 0 aromatic heterocycles. The van der Waals surface area contributed by atoms with E-state index in [1.54, 1.807) is 31.2 Å². The van der Waals surface area contributed by atoms with Crippen LogP contribution < -0.4 is 5.32 Å². The van der Waals surface area contributed by atoms with Crippen molar-refractivity contribution in [1.29, 1.82) is 5.26 Å². The summed E-state index contributed by atoms with van der Waals surface area (Å²) in [6, 6.07) is 12.5. The molecule has 1 atom stereocenters. The van der Waals surface area contributed by atoms with E-state index in [-0.39, 0.29) is 16.0 Å². The summed E-state index contributed by atoms with van der Waals surface area (Å²) in [5, 5.41) is 11.6. The van der Waals surface area contributed by atoms with Crippen LogP contribution in [0.4, 0.5) is 5.69 Å². The van der Waals surface area contributed by atoms with E-state index in [0.29, 0.717) is 11.3 Å². The van der Waals surface area contributed by atoms with Gasteiger partial charge in [-0.25, -0.2) is 17.5 Å². The number of anilines is 1. The maximum absolute atomic E-state index is 12.5. The smallest absolute Gasteiger partial charge is 0.339 e. The number of hydrogen-bond donors (Lipinski definition) is 1. The van der Waals surface area contributed by atoms with E-state index in [1.807, 2.05) is 6.07 Å². The van der Waals surface area contributed by atoms with E-state index in [1.165, 1.54) is 39.2 Å². The Morgan fingerprint density at radius 2 is 1.83 bits per heavy atom. The number of ether oxygens (including phenoxy) is 1. The molecule has 0 radical (unpaired) electrons. The Morgan fingerprint density at radius 3 is 2.45 bits per heavy atom. The lowest BCUT2D eigenvalue weighted by atomic mass is 10.1. The third-order valence-corrected chi connectivity index (χ3v) is 5.98. The predicted octanol–water partition coefficient (Wildman–Crippen LogP) is 2.30. The van der Waals surface area contributed by atoms with E-state index < -0.39 is 28.0 Å². The molecule has 0 heterocycles. The Balaban J connectivity index is 2.19. The Hall–Kier alpha value is -3.22. The first kappa shape index (κ1) is 22.1. The van der Waals surface area contributed by atoms with Gasteiger partial charge in [0.1, 0.15) is 6.07 Å². The molecule has 2 rings (SSSR count). The van der Waals surface area contributed by atoms with Crippen LogP contribution in [0.1, 0.15) is 28.4 Å². The maximum Gasteiger partial charge on any atom is 0.339 e. The number of amides is 1. The number of nitrogens with zero attached hydrogens (tertiary/aromatic N) is 2. The number of nitrogens with one attached hydrogen (secondary N) is 1. The molecule has 0 saturated carbocycles. The van der Waals surface area contributed by atoms with Crippen molar-refractivity contribution in [3.8, 4) is 6.07 Å². The fourth-order valence-electron chi connectivity index (χ4n) is 2.39. The lowest BCUT2D eigenvalue weighted by Gasteiger charge is -2.16. The Labute approximate surface area is 169 Å². The molecule has 2 aromatic carbocycles. The summed E-state index contributed by atoms with van der Waals surface area (Å²) in [6.07, 6.45) is -1.16. The molecule has 0 aliphatic heterocycles. The van der Waals surface area contributed by atoms with Crippen molar-refractivity contribution in [2.75, 3.05) is 19.4 Å². The summed E-state index contributed by atoms with van der Waals surface area (Å²) in [4.78, 5) is 24.8. The van der Waals surface area contributed by atoms with Gasteiger partial charge in [-0.3, -0.25) is 4.79 Å². The number of carbonyl (C=O) groups is 2. The summed E-state index contributed by atoms with van der Waals surface area (Å²) < 4.78 is 30.8. The van der Waals surface area contributed by atoms with Gasteiger partial charge in [0.05, 0.1) is 21.7 Å². The van der Waals surface area contributed by atoms with Crippen LogP contribution in [0.25, 0.3) is 0 Å². The van der Waals surface area contributed by atoms with Crippen LogP contribution in [0.15, 0.2) is 47.4 Å². The van der Waals surface area contributed by atoms with Gasteiger partial charge in [-0.15, -0.1) is 0 Å². The van der Waals surface area contributed by atoms with Gasteiger partial charge in [-0.1, -0.05) is 18.2 Å². The second-order valence-electron chi connectivity index (χ2n) is 6.46. The van der Waals surface area contributed by atoms with Gasteiger partial charge in [0, 0.05) is 14.1 Å². The largest absolute Gasteiger partial charge is 0.449 e. The number of esters is 1. The van der Waals surface area contributed by atoms with Gasteiger partial charge in [0.25, 0.3) is 5.91 Å². The zero-order valence-corrected chi connectivity index (χ0v) is 17.3. The van der Waals surface area contributed by atoms with Crippen LogP contribution in [-0.4, -0.2) is 44.8 Å². The molecule has 0 spiro atoms. The molecule has 8 nitrogen and oxygen atoms in total. The molecule has 0 saturated heterocycles. The molecule has 2 aromatic rings. The van der Waals surface area contributed by atoms with E-state index in [2.05, 4.69) is 5.32 Å². The highest BCUT2D eigenvalue weighted by molar-refractivity contribution is 7.89. The number of carbonyl (C=O) groups excluding carboxylic acids is 2. The normalized spacial score (nSPS) is 12.1. The third kappa shape index (κ3) is 4.99. The molecule has 1 N–H and O–H groups in total. The molecular weight excluding hydrogens is 394 g/mol. The topological polar surface area (TPSA) is 117 Å². The second kappa shape index (κ2) is 8.86. The molecule has 152 valence electrons. The lowest BCUT2D eigenvalue weighted by Crippen LogP contribution is -2.30. The third-order valence-electron chi connectivity index (χ3n) is 4.17. The average Bonchev–Trinajstić information content (AvgIpc) is 2.68. The summed E-state index contributed by atoms with van der Waals surface area (Å²) >= 11 is 0. The first-order valence-corrected chi connectivity index (χ1v) is 10.1. The minimum absolute atomic E-state index is 0.0463. The Bertz CT molecular complexity index is 1090. The van der Waals surface area contributed by atoms with Gasteiger partial charge in [-0.2, -0.15) is 5.26 Å². The SMILES string of the molecule is Cc1ccc(S(=O)(=O)N(C)C)cc1C(=O)O[C@@H](C)C(=O)Nc1ccccc1C#N. The number of aryl methyl sites for hydroxylation is 1. The van der Waals surface area contributed by atoms with Gasteiger partial charge in [-0.05, 0) is 43.7 Å². The number of benzene rings is 2. The number of para-hydroxylation sites is 1. The Kier molecular flexibility index (Phi) is 6.74. The van der Waals surface area contributed by atoms with Crippen molar-refractivity contribution in [2.45, 2.75) is 24.8 Å². The number of rotatable bonds is 6. The van der Waals surface area contributed by atoms with E-state index in [4.69, 9.17) is 10.00 Å². The molecule has 9 heteroatoms. The van der Waals surface area contributed by atoms with Crippen molar-refractivity contribution in [2.24, 2.45) is 0 Å². The van der Waals surface area contributed by atoms with E-state index >= 15 is 0 Å². The summed E-state index contributed by atoms with van der Waals surface area (Å²) in [5.74, 6) is -1.44. The molecule has 0 aliphatic carbocycles. The van der Waals surface area contributed by atoms with Crippen molar-refractivity contribution in [3.05, 3.63) is 59.2 Å². The summed E-state index contributed by atoms with van der Waals surface area (Å²) in [7, 11) is -0.952. The zero-order valence-electron chi connectivity index (χ0n) is 16.5. The highest BCUT2D eigenvalue weighted by atomic mass is 32.2. The van der Waals surface area contributed by atoms with Gasteiger partial charge in [0.15, 0.2) is 6.10 Å². The van der Waals surface area contributed by atoms with Gasteiger partial charge in [0.2, 0.25) is 10.0 Å². The average molecular weight is 415 g/mol. The molecule has 1 amide bonds. The molecule has 0 fully saturated rings. The molecule has 0 unspecified atom stereocenters. The monoisotopic (exact) mass is 415 g/mol. The van der Waals surface area contributed by atoms with Crippen LogP contribution in [-0.2, 0) is 19.6 Å². The van der Waals surface area contributed by atoms with Crippen LogP contribution in [0.5, 0.6) is 0 Å². The van der Waals surface area contributed by atoms with Crippen molar-refractivity contribution < 1.29 is 22.7 Å². The first-order valence-electron chi connectivity index (χ1n) is 8.62. The van der Waals surface area contributed by atoms with E-state index in [9.17, 15) is 18.0 Å². The number of nitriles is 1. The molecule has 29 heavy (non-hydrogen) atoms. The quantitative estimate of drug-likeness (QED) is 0.724. The first-order chi connectivity index (χ1) is 13.6. The minimum Gasteiger partial charge on any atom is -0.449 e. The second-order valence-corrected chi connectivity index (χ2v) is 8.61. The summed E-state index contributed by atoms with van der Waals surface area (Å²) in [5.41, 5.74) is 1.13. The number of sulfonamides is 1. The van der Waals surface area contributed by atoms with Crippen LogP contribution in [0.3, 0.4) is 0 Å². The maximum atomic E-state index is 12.5. The predicted molar refractivity (Wildman–Crippen MR) is 107 cm³/mol. The van der Waals surface area contributed by atoms with Crippen LogP contribution in [0, 0.1) is 18.3 Å².